The van der Waals surface area contributed by atoms with E-state index in [1.165, 1.54) is 41.0 Å². The molecule has 32 heavy (non-hydrogen) atoms. The number of amides is 1. The second-order valence-corrected chi connectivity index (χ2v) is 10.6. The van der Waals surface area contributed by atoms with E-state index in [-0.39, 0.29) is 11.5 Å². The van der Waals surface area contributed by atoms with Crippen LogP contribution in [0.5, 0.6) is 0 Å². The van der Waals surface area contributed by atoms with Gasteiger partial charge in [-0.05, 0) is 37.4 Å². The second kappa shape index (κ2) is 9.24. The molecule has 4 rings (SSSR count). The number of ether oxygens (including phenoxy) is 1. The lowest BCUT2D eigenvalue weighted by atomic mass is 10.1. The monoisotopic (exact) mass is 477 g/mol. The summed E-state index contributed by atoms with van der Waals surface area (Å²) in [6, 6.07) is 10.9. The zero-order valence-electron chi connectivity index (χ0n) is 17.8. The molecule has 0 atom stereocenters. The van der Waals surface area contributed by atoms with E-state index in [1.54, 1.807) is 24.3 Å². The number of carbonyl (C=O) groups is 1. The van der Waals surface area contributed by atoms with Crippen molar-refractivity contribution in [2.24, 2.45) is 0 Å². The summed E-state index contributed by atoms with van der Waals surface area (Å²) >= 11 is 1.17. The van der Waals surface area contributed by atoms with Crippen LogP contribution in [-0.4, -0.2) is 63.9 Å². The number of anilines is 1. The summed E-state index contributed by atoms with van der Waals surface area (Å²) in [5.41, 5.74) is 0.829. The molecule has 0 bridgehead atoms. The molecule has 7 nitrogen and oxygen atoms in total. The molecule has 2 aromatic carbocycles. The molecule has 1 aliphatic heterocycles. The predicted octanol–water partition coefficient (Wildman–Crippen LogP) is 3.38. The summed E-state index contributed by atoms with van der Waals surface area (Å²) in [5.74, 6) is -0.850. The molecule has 1 amide bonds. The summed E-state index contributed by atoms with van der Waals surface area (Å²) in [5, 5.41) is 3.13. The Kier molecular flexibility index (Phi) is 6.59. The van der Waals surface area contributed by atoms with Crippen LogP contribution in [0, 0.1) is 5.82 Å². The van der Waals surface area contributed by atoms with E-state index in [9.17, 15) is 17.6 Å². The predicted molar refractivity (Wildman–Crippen MR) is 123 cm³/mol. The van der Waals surface area contributed by atoms with Gasteiger partial charge >= 0.3 is 0 Å². The average molecular weight is 478 g/mol. The molecule has 0 unspecified atom stereocenters. The fourth-order valence-electron chi connectivity index (χ4n) is 3.73. The van der Waals surface area contributed by atoms with Gasteiger partial charge in [-0.15, -0.1) is 11.3 Å². The minimum absolute atomic E-state index is 0.0848. The fraction of sp³-hybridized carbons (Fsp3) is 0.318. The lowest BCUT2D eigenvalue weighted by Gasteiger charge is -2.31. The van der Waals surface area contributed by atoms with Crippen molar-refractivity contribution >= 4 is 43.0 Å². The van der Waals surface area contributed by atoms with Crippen molar-refractivity contribution in [3.05, 3.63) is 58.7 Å². The zero-order chi connectivity index (χ0) is 22.9. The van der Waals surface area contributed by atoms with Gasteiger partial charge in [-0.2, -0.15) is 4.31 Å². The van der Waals surface area contributed by atoms with E-state index in [4.69, 9.17) is 4.74 Å². The highest BCUT2D eigenvalue weighted by Gasteiger charge is 2.28. The number of hydrogen-bond donors (Lipinski definition) is 1. The van der Waals surface area contributed by atoms with Crippen LogP contribution in [0.3, 0.4) is 0 Å². The van der Waals surface area contributed by atoms with Gasteiger partial charge in [0.25, 0.3) is 5.91 Å². The van der Waals surface area contributed by atoms with Crippen LogP contribution in [0.15, 0.2) is 47.4 Å². The highest BCUT2D eigenvalue weighted by atomic mass is 32.2. The molecule has 2 heterocycles. The first-order chi connectivity index (χ1) is 15.3. The number of halogens is 1. The van der Waals surface area contributed by atoms with Crippen molar-refractivity contribution in [2.75, 3.05) is 45.7 Å². The number of carbonyl (C=O) groups excluding carboxylic acids is 1. The summed E-state index contributed by atoms with van der Waals surface area (Å²) < 4.78 is 47.8. The molecule has 0 spiro atoms. The topological polar surface area (TPSA) is 78.9 Å². The van der Waals surface area contributed by atoms with Crippen LogP contribution in [0.4, 0.5) is 10.1 Å². The van der Waals surface area contributed by atoms with Gasteiger partial charge < -0.3 is 15.0 Å². The summed E-state index contributed by atoms with van der Waals surface area (Å²) in [6.45, 7) is 2.26. The Morgan fingerprint density at radius 2 is 1.88 bits per heavy atom. The summed E-state index contributed by atoms with van der Waals surface area (Å²) in [7, 11) is -0.222. The molecule has 170 valence electrons. The average Bonchev–Trinajstić information content (AvgIpc) is 3.14. The third-order valence-corrected chi connectivity index (χ3v) is 8.54. The molecule has 1 aliphatic rings. The summed E-state index contributed by atoms with van der Waals surface area (Å²) in [4.78, 5) is 15.6. The quantitative estimate of drug-likeness (QED) is 0.589. The number of fused-ring (bicyclic) bond motifs is 1. The van der Waals surface area contributed by atoms with Crippen LogP contribution in [0.25, 0.3) is 10.1 Å². The van der Waals surface area contributed by atoms with Gasteiger partial charge in [-0.1, -0.05) is 12.1 Å². The maximum Gasteiger partial charge on any atom is 0.266 e. The molecule has 10 heteroatoms. The van der Waals surface area contributed by atoms with Gasteiger partial charge in [-0.25, -0.2) is 12.8 Å². The van der Waals surface area contributed by atoms with Crippen molar-refractivity contribution in [2.45, 2.75) is 11.5 Å². The molecule has 1 N–H and O–H groups in total. The fourth-order valence-corrected chi connectivity index (χ4v) is 6.32. The number of rotatable bonds is 6. The van der Waals surface area contributed by atoms with Crippen molar-refractivity contribution in [1.29, 1.82) is 0 Å². The van der Waals surface area contributed by atoms with Gasteiger partial charge in [0.2, 0.25) is 10.0 Å². The lowest BCUT2D eigenvalue weighted by molar-refractivity contribution is 0.102. The summed E-state index contributed by atoms with van der Waals surface area (Å²) in [6.07, 6.45) is 0. The van der Waals surface area contributed by atoms with Crippen LogP contribution < -0.4 is 5.32 Å². The smallest absolute Gasteiger partial charge is 0.266 e. The molecule has 0 radical (unpaired) electrons. The van der Waals surface area contributed by atoms with Gasteiger partial charge in [0.05, 0.1) is 16.4 Å². The number of nitrogens with zero attached hydrogens (tertiary/aromatic N) is 2. The Labute approximate surface area is 190 Å². The number of piperazine rings is 1. The normalized spacial score (nSPS) is 15.8. The van der Waals surface area contributed by atoms with Crippen molar-refractivity contribution in [3.8, 4) is 0 Å². The van der Waals surface area contributed by atoms with E-state index in [1.807, 2.05) is 7.05 Å². The maximum absolute atomic E-state index is 14.4. The lowest BCUT2D eigenvalue weighted by Crippen LogP contribution is -2.47. The SMILES string of the molecule is COCc1c(C(=O)Nc2cccc(S(=O)(=O)N3CCN(C)CC3)c2)sc2cccc(F)c12. The van der Waals surface area contributed by atoms with E-state index in [0.29, 0.717) is 52.4 Å². The molecule has 1 saturated heterocycles. The number of likely N-dealkylation sites (N-methyl/N-ethyl adjacent to an activating group) is 1. The molecular weight excluding hydrogens is 453 g/mol. The van der Waals surface area contributed by atoms with Crippen molar-refractivity contribution in [3.63, 3.8) is 0 Å². The number of nitrogens with one attached hydrogen (secondary N) is 1. The molecule has 0 saturated carbocycles. The third-order valence-electron chi connectivity index (χ3n) is 5.45. The number of benzene rings is 2. The first-order valence-corrected chi connectivity index (χ1v) is 12.4. The number of sulfonamides is 1. The van der Waals surface area contributed by atoms with Crippen molar-refractivity contribution < 1.29 is 22.3 Å². The Hall–Kier alpha value is -2.37. The van der Waals surface area contributed by atoms with Crippen LogP contribution in [0.2, 0.25) is 0 Å². The van der Waals surface area contributed by atoms with Crippen LogP contribution in [-0.2, 0) is 21.4 Å². The molecular formula is C22H24FN3O4S2. The van der Waals surface area contributed by atoms with Gasteiger partial charge in [-0.3, -0.25) is 4.79 Å². The Balaban J connectivity index is 1.61. The minimum Gasteiger partial charge on any atom is -0.380 e. The van der Waals surface area contributed by atoms with E-state index in [0.717, 1.165) is 0 Å². The van der Waals surface area contributed by atoms with Gasteiger partial charge in [0.15, 0.2) is 0 Å². The molecule has 0 aliphatic carbocycles. The van der Waals surface area contributed by atoms with Crippen LogP contribution in [0.1, 0.15) is 15.2 Å². The Morgan fingerprint density at radius 1 is 1.16 bits per heavy atom. The highest BCUT2D eigenvalue weighted by Crippen LogP contribution is 2.34. The first-order valence-electron chi connectivity index (χ1n) is 10.1. The Bertz CT molecular complexity index is 1250. The van der Waals surface area contributed by atoms with Gasteiger partial charge in [0.1, 0.15) is 5.82 Å². The standard InChI is InChI=1S/C22H24FN3O4S2/c1-25-9-11-26(12-10-25)32(28,29)16-6-3-5-15(13-16)24-22(27)21-17(14-30-2)20-18(23)7-4-8-19(20)31-21/h3-8,13H,9-12,14H2,1-2H3,(H,24,27). The Morgan fingerprint density at radius 3 is 2.59 bits per heavy atom. The van der Waals surface area contributed by atoms with Gasteiger partial charge in [0, 0.05) is 54.6 Å². The number of thiophene rings is 1. The van der Waals surface area contributed by atoms with Crippen LogP contribution >= 0.6 is 11.3 Å². The zero-order valence-corrected chi connectivity index (χ0v) is 19.4. The largest absolute Gasteiger partial charge is 0.380 e. The second-order valence-electron chi connectivity index (χ2n) is 7.65. The van der Waals surface area contributed by atoms with E-state index in [2.05, 4.69) is 10.2 Å². The number of methoxy groups -OCH3 is 1. The van der Waals surface area contributed by atoms with E-state index >= 15 is 0 Å². The highest BCUT2D eigenvalue weighted by molar-refractivity contribution is 7.89. The third kappa shape index (κ3) is 4.41. The molecule has 1 fully saturated rings. The van der Waals surface area contributed by atoms with E-state index < -0.39 is 21.7 Å². The molecule has 1 aromatic heterocycles. The number of hydrogen-bond acceptors (Lipinski definition) is 6. The maximum atomic E-state index is 14.4. The van der Waals surface area contributed by atoms with Crippen molar-refractivity contribution in [1.82, 2.24) is 9.21 Å². The first kappa shape index (κ1) is 22.8. The molecule has 3 aromatic rings. The minimum atomic E-state index is -3.66.